The predicted molar refractivity (Wildman–Crippen MR) is 109 cm³/mol. The van der Waals surface area contributed by atoms with Crippen LogP contribution in [-0.2, 0) is 5.75 Å². The number of aryl methyl sites for hydroxylation is 1. The van der Waals surface area contributed by atoms with Crippen LogP contribution in [0.15, 0.2) is 52.1 Å². The normalized spacial score (nSPS) is 10.9. The highest BCUT2D eigenvalue weighted by Gasteiger charge is 2.14. The monoisotopic (exact) mass is 409 g/mol. The summed E-state index contributed by atoms with van der Waals surface area (Å²) in [5, 5.41) is 11.8. The number of thioether (sulfide) groups is 1. The summed E-state index contributed by atoms with van der Waals surface area (Å²) < 4.78 is 16.0. The van der Waals surface area contributed by atoms with Crippen molar-refractivity contribution in [1.29, 1.82) is 0 Å². The second-order valence-electron chi connectivity index (χ2n) is 6.20. The maximum Gasteiger partial charge on any atom is 0.237 e. The molecule has 29 heavy (non-hydrogen) atoms. The van der Waals surface area contributed by atoms with Gasteiger partial charge in [0.25, 0.3) is 0 Å². The number of hydrogen-bond donors (Lipinski definition) is 1. The summed E-state index contributed by atoms with van der Waals surface area (Å²) in [5.74, 6) is 3.52. The van der Waals surface area contributed by atoms with Crippen LogP contribution in [0.5, 0.6) is 11.5 Å². The first-order valence-corrected chi connectivity index (χ1v) is 9.82. The molecule has 0 radical (unpaired) electrons. The van der Waals surface area contributed by atoms with Gasteiger partial charge in [0.15, 0.2) is 5.82 Å². The van der Waals surface area contributed by atoms with E-state index in [-0.39, 0.29) is 0 Å². The summed E-state index contributed by atoms with van der Waals surface area (Å²) in [7, 11) is 3.21. The zero-order chi connectivity index (χ0) is 20.2. The van der Waals surface area contributed by atoms with Crippen LogP contribution in [0.1, 0.15) is 11.5 Å². The maximum absolute atomic E-state index is 5.43. The van der Waals surface area contributed by atoms with E-state index in [1.165, 1.54) is 11.8 Å². The van der Waals surface area contributed by atoms with Crippen LogP contribution in [0.3, 0.4) is 0 Å². The van der Waals surface area contributed by atoms with Gasteiger partial charge in [-0.05, 0) is 25.1 Å². The number of rotatable bonds is 7. The maximum atomic E-state index is 5.43. The fraction of sp³-hybridized carbons (Fsp3) is 0.200. The zero-order valence-corrected chi connectivity index (χ0v) is 17.0. The first-order valence-electron chi connectivity index (χ1n) is 8.83. The third-order valence-electron chi connectivity index (χ3n) is 4.20. The van der Waals surface area contributed by atoms with Crippen molar-refractivity contribution in [2.45, 2.75) is 17.8 Å². The molecule has 0 atom stereocenters. The van der Waals surface area contributed by atoms with Crippen molar-refractivity contribution in [3.63, 3.8) is 0 Å². The molecule has 0 spiro atoms. The van der Waals surface area contributed by atoms with Crippen LogP contribution in [0.4, 0.5) is 0 Å². The number of H-pyrrole nitrogens is 1. The third kappa shape index (κ3) is 4.24. The van der Waals surface area contributed by atoms with Gasteiger partial charge in [0.05, 0.1) is 25.5 Å². The first-order chi connectivity index (χ1) is 14.2. The molecule has 1 N–H and O–H groups in total. The molecule has 2 heterocycles. The highest BCUT2D eigenvalue weighted by molar-refractivity contribution is 7.98. The molecule has 0 saturated carbocycles. The van der Waals surface area contributed by atoms with E-state index in [0.29, 0.717) is 39.9 Å². The van der Waals surface area contributed by atoms with Crippen LogP contribution >= 0.6 is 11.8 Å². The summed E-state index contributed by atoms with van der Waals surface area (Å²) in [5.41, 5.74) is 2.87. The Hall–Kier alpha value is -3.33. The van der Waals surface area contributed by atoms with Gasteiger partial charge in [-0.15, -0.1) is 5.10 Å². The Balaban J connectivity index is 1.45. The van der Waals surface area contributed by atoms with E-state index in [1.54, 1.807) is 20.3 Å². The van der Waals surface area contributed by atoms with Gasteiger partial charge in [0, 0.05) is 11.6 Å². The minimum Gasteiger partial charge on any atom is -0.497 e. The SMILES string of the molecule is COc1ccc(-c2nc(SCc3nc(-c4cccc(C)c4)no3)n[nH]2)c(OC)c1. The molecule has 0 bridgehead atoms. The second kappa shape index (κ2) is 8.36. The van der Waals surface area contributed by atoms with Crippen LogP contribution < -0.4 is 9.47 Å². The molecule has 0 saturated heterocycles. The lowest BCUT2D eigenvalue weighted by atomic mass is 10.1. The standard InChI is InChI=1S/C20H19N5O3S/c1-12-5-4-6-13(9-12)18-21-17(28-25-18)11-29-20-22-19(23-24-20)15-8-7-14(26-2)10-16(15)27-3/h4-10H,11H2,1-3H3,(H,22,23,24). The third-order valence-corrected chi connectivity index (χ3v) is 5.03. The molecule has 9 heteroatoms. The first kappa shape index (κ1) is 19.0. The summed E-state index contributed by atoms with van der Waals surface area (Å²) in [6.45, 7) is 2.03. The van der Waals surface area contributed by atoms with E-state index in [0.717, 1.165) is 16.7 Å². The van der Waals surface area contributed by atoms with Crippen molar-refractivity contribution >= 4 is 11.8 Å². The van der Waals surface area contributed by atoms with E-state index in [1.807, 2.05) is 43.3 Å². The Morgan fingerprint density at radius 3 is 2.76 bits per heavy atom. The van der Waals surface area contributed by atoms with Crippen LogP contribution in [0.25, 0.3) is 22.8 Å². The molecule has 0 aliphatic carbocycles. The molecule has 0 fully saturated rings. The van der Waals surface area contributed by atoms with Crippen LogP contribution in [0.2, 0.25) is 0 Å². The van der Waals surface area contributed by atoms with Gasteiger partial charge >= 0.3 is 0 Å². The van der Waals surface area contributed by atoms with Gasteiger partial charge in [0.2, 0.25) is 16.9 Å². The van der Waals surface area contributed by atoms with Gasteiger partial charge in [-0.1, -0.05) is 40.7 Å². The predicted octanol–water partition coefficient (Wildman–Crippen LogP) is 4.14. The smallest absolute Gasteiger partial charge is 0.237 e. The summed E-state index contributed by atoms with van der Waals surface area (Å²) in [4.78, 5) is 8.97. The summed E-state index contributed by atoms with van der Waals surface area (Å²) >= 11 is 1.41. The molecule has 4 rings (SSSR count). The fourth-order valence-electron chi connectivity index (χ4n) is 2.77. The molecular formula is C20H19N5O3S. The van der Waals surface area contributed by atoms with E-state index in [4.69, 9.17) is 14.0 Å². The van der Waals surface area contributed by atoms with Gasteiger partial charge in [-0.3, -0.25) is 5.10 Å². The Morgan fingerprint density at radius 2 is 1.97 bits per heavy atom. The highest BCUT2D eigenvalue weighted by Crippen LogP contribution is 2.32. The Bertz CT molecular complexity index is 1120. The van der Waals surface area contributed by atoms with Crippen molar-refractivity contribution in [3.8, 4) is 34.3 Å². The van der Waals surface area contributed by atoms with Crippen molar-refractivity contribution in [1.82, 2.24) is 25.3 Å². The number of aromatic amines is 1. The lowest BCUT2D eigenvalue weighted by Gasteiger charge is -2.07. The molecule has 0 unspecified atom stereocenters. The van der Waals surface area contributed by atoms with Gasteiger partial charge in [-0.2, -0.15) is 4.98 Å². The van der Waals surface area contributed by atoms with Gasteiger partial charge < -0.3 is 14.0 Å². The molecule has 2 aromatic heterocycles. The Kier molecular flexibility index (Phi) is 5.48. The molecule has 0 aliphatic rings. The minimum absolute atomic E-state index is 0.468. The second-order valence-corrected chi connectivity index (χ2v) is 7.15. The Labute approximate surface area is 171 Å². The highest BCUT2D eigenvalue weighted by atomic mass is 32.2. The molecule has 0 aliphatic heterocycles. The zero-order valence-electron chi connectivity index (χ0n) is 16.2. The topological polar surface area (TPSA) is 99.0 Å². The van der Waals surface area contributed by atoms with Crippen molar-refractivity contribution < 1.29 is 14.0 Å². The van der Waals surface area contributed by atoms with Crippen LogP contribution in [0, 0.1) is 6.92 Å². The largest absolute Gasteiger partial charge is 0.497 e. The number of ether oxygens (including phenoxy) is 2. The van der Waals surface area contributed by atoms with Crippen molar-refractivity contribution in [3.05, 3.63) is 53.9 Å². The van der Waals surface area contributed by atoms with E-state index in [9.17, 15) is 0 Å². The number of benzene rings is 2. The number of hydrogen-bond acceptors (Lipinski definition) is 8. The molecule has 148 valence electrons. The lowest BCUT2D eigenvalue weighted by Crippen LogP contribution is -1.91. The Morgan fingerprint density at radius 1 is 1.07 bits per heavy atom. The molecule has 8 nitrogen and oxygen atoms in total. The fourth-order valence-corrected chi connectivity index (χ4v) is 3.40. The molecular weight excluding hydrogens is 390 g/mol. The minimum atomic E-state index is 0.468. The molecule has 2 aromatic carbocycles. The number of methoxy groups -OCH3 is 2. The van der Waals surface area contributed by atoms with E-state index < -0.39 is 0 Å². The van der Waals surface area contributed by atoms with Crippen molar-refractivity contribution in [2.24, 2.45) is 0 Å². The quantitative estimate of drug-likeness (QED) is 0.455. The van der Waals surface area contributed by atoms with Gasteiger partial charge in [0.1, 0.15) is 11.5 Å². The van der Waals surface area contributed by atoms with Crippen LogP contribution in [-0.4, -0.2) is 39.5 Å². The van der Waals surface area contributed by atoms with Crippen molar-refractivity contribution in [2.75, 3.05) is 14.2 Å². The van der Waals surface area contributed by atoms with Gasteiger partial charge in [-0.25, -0.2) is 4.98 Å². The molecule has 0 amide bonds. The number of nitrogens with one attached hydrogen (secondary N) is 1. The van der Waals surface area contributed by atoms with E-state index in [2.05, 4.69) is 25.3 Å². The molecule has 4 aromatic rings. The number of nitrogens with zero attached hydrogens (tertiary/aromatic N) is 4. The lowest BCUT2D eigenvalue weighted by molar-refractivity contribution is 0.391. The summed E-state index contributed by atoms with van der Waals surface area (Å²) in [6, 6.07) is 13.5. The summed E-state index contributed by atoms with van der Waals surface area (Å²) in [6.07, 6.45) is 0. The average molecular weight is 409 g/mol. The average Bonchev–Trinajstić information content (AvgIpc) is 3.41. The number of aromatic nitrogens is 5. The van der Waals surface area contributed by atoms with E-state index >= 15 is 0 Å².